The molecular formula is C15H19N3O3S. The van der Waals surface area contributed by atoms with Crippen LogP contribution in [0, 0.1) is 6.92 Å². The lowest BCUT2D eigenvalue weighted by atomic mass is 10.0. The number of ether oxygens (including phenoxy) is 1. The third kappa shape index (κ3) is 2.78. The number of aromatic nitrogens is 2. The summed E-state index contributed by atoms with van der Waals surface area (Å²) in [5.41, 5.74) is 1.04. The van der Waals surface area contributed by atoms with Gasteiger partial charge in [0.1, 0.15) is 6.04 Å². The summed E-state index contributed by atoms with van der Waals surface area (Å²) in [4.78, 5) is 19.0. The highest BCUT2D eigenvalue weighted by Crippen LogP contribution is 2.35. The van der Waals surface area contributed by atoms with E-state index in [0.29, 0.717) is 24.7 Å². The van der Waals surface area contributed by atoms with Gasteiger partial charge in [-0.3, -0.25) is 4.79 Å². The molecule has 118 valence electrons. The summed E-state index contributed by atoms with van der Waals surface area (Å²) in [6, 6.07) is 1.78. The van der Waals surface area contributed by atoms with E-state index in [1.165, 1.54) is 0 Å². The molecule has 1 aliphatic heterocycles. The zero-order chi connectivity index (χ0) is 15.7. The van der Waals surface area contributed by atoms with Crippen LogP contribution in [0.4, 0.5) is 0 Å². The van der Waals surface area contributed by atoms with Gasteiger partial charge in [0.25, 0.3) is 0 Å². The Morgan fingerprint density at radius 2 is 2.41 bits per heavy atom. The van der Waals surface area contributed by atoms with Crippen LogP contribution in [-0.4, -0.2) is 40.7 Å². The number of amides is 1. The van der Waals surface area contributed by atoms with Crippen molar-refractivity contribution in [2.45, 2.75) is 38.3 Å². The predicted octanol–water partition coefficient (Wildman–Crippen LogP) is 2.53. The number of nitrogens with zero attached hydrogens (tertiary/aromatic N) is 3. The van der Waals surface area contributed by atoms with E-state index in [4.69, 9.17) is 9.26 Å². The fraction of sp³-hybridized carbons (Fsp3) is 0.533. The maximum atomic E-state index is 12.9. The molecule has 0 bridgehead atoms. The molecule has 6 nitrogen and oxygen atoms in total. The van der Waals surface area contributed by atoms with Crippen LogP contribution in [0.2, 0.25) is 0 Å². The van der Waals surface area contributed by atoms with E-state index in [0.717, 1.165) is 5.56 Å². The lowest BCUT2D eigenvalue weighted by Crippen LogP contribution is -2.35. The van der Waals surface area contributed by atoms with E-state index in [1.807, 2.05) is 28.7 Å². The third-order valence-electron chi connectivity index (χ3n) is 4.12. The first-order valence-corrected chi connectivity index (χ1v) is 8.20. The summed E-state index contributed by atoms with van der Waals surface area (Å²) < 4.78 is 10.7. The van der Waals surface area contributed by atoms with E-state index in [9.17, 15) is 4.79 Å². The summed E-state index contributed by atoms with van der Waals surface area (Å²) >= 11 is 1.60. The van der Waals surface area contributed by atoms with Crippen molar-refractivity contribution < 1.29 is 14.1 Å². The molecule has 3 rings (SSSR count). The van der Waals surface area contributed by atoms with E-state index < -0.39 is 0 Å². The zero-order valence-corrected chi connectivity index (χ0v) is 13.7. The van der Waals surface area contributed by atoms with Crippen LogP contribution in [0.15, 0.2) is 21.3 Å². The molecule has 0 aromatic carbocycles. The highest BCUT2D eigenvalue weighted by Gasteiger charge is 2.41. The van der Waals surface area contributed by atoms with Crippen molar-refractivity contribution in [1.82, 2.24) is 15.0 Å². The first kappa shape index (κ1) is 15.2. The molecule has 0 unspecified atom stereocenters. The first-order chi connectivity index (χ1) is 10.6. The Labute approximate surface area is 133 Å². The average Bonchev–Trinajstić information content (AvgIpc) is 3.25. The fourth-order valence-corrected chi connectivity index (χ4v) is 3.56. The summed E-state index contributed by atoms with van der Waals surface area (Å²) in [5, 5.41) is 7.84. The van der Waals surface area contributed by atoms with Crippen molar-refractivity contribution in [2.75, 3.05) is 13.7 Å². The van der Waals surface area contributed by atoms with Crippen molar-refractivity contribution in [3.05, 3.63) is 34.1 Å². The van der Waals surface area contributed by atoms with Crippen LogP contribution in [0.1, 0.15) is 42.6 Å². The number of carbonyl (C=O) groups is 1. The number of methoxy groups -OCH3 is 1. The number of likely N-dealkylation sites (tertiary alicyclic amines) is 1. The van der Waals surface area contributed by atoms with Gasteiger partial charge < -0.3 is 14.2 Å². The second-order valence-corrected chi connectivity index (χ2v) is 6.34. The number of thiophene rings is 1. The monoisotopic (exact) mass is 321 g/mol. The van der Waals surface area contributed by atoms with E-state index in [-0.39, 0.29) is 24.0 Å². The van der Waals surface area contributed by atoms with Crippen LogP contribution in [-0.2, 0) is 9.53 Å². The van der Waals surface area contributed by atoms with Gasteiger partial charge in [0.15, 0.2) is 5.82 Å². The quantitative estimate of drug-likeness (QED) is 0.865. The molecule has 1 amide bonds. The van der Waals surface area contributed by atoms with Crippen LogP contribution in [0.25, 0.3) is 0 Å². The SMILES string of the molecule is CO[C@H]1C[C@H](c2nc(C)no2)N(C(=O)[C@H](C)c2ccsc2)C1. The Balaban J connectivity index is 1.84. The van der Waals surface area contributed by atoms with E-state index in [2.05, 4.69) is 10.1 Å². The van der Waals surface area contributed by atoms with Crippen molar-refractivity contribution in [3.8, 4) is 0 Å². The van der Waals surface area contributed by atoms with Gasteiger partial charge in [0.2, 0.25) is 11.8 Å². The van der Waals surface area contributed by atoms with Crippen LogP contribution >= 0.6 is 11.3 Å². The molecule has 2 aromatic heterocycles. The molecule has 0 saturated carbocycles. The van der Waals surface area contributed by atoms with Crippen molar-refractivity contribution in [2.24, 2.45) is 0 Å². The molecule has 22 heavy (non-hydrogen) atoms. The average molecular weight is 321 g/mol. The second kappa shape index (κ2) is 6.18. The van der Waals surface area contributed by atoms with Gasteiger partial charge in [0.05, 0.1) is 12.0 Å². The minimum Gasteiger partial charge on any atom is -0.380 e. The molecule has 3 atom stereocenters. The maximum absolute atomic E-state index is 12.9. The molecule has 1 aliphatic rings. The highest BCUT2D eigenvalue weighted by molar-refractivity contribution is 7.08. The number of aryl methyl sites for hydroxylation is 1. The molecule has 7 heteroatoms. The van der Waals surface area contributed by atoms with Crippen LogP contribution in [0.3, 0.4) is 0 Å². The number of rotatable bonds is 4. The lowest BCUT2D eigenvalue weighted by molar-refractivity contribution is -0.134. The fourth-order valence-electron chi connectivity index (χ4n) is 2.81. The molecule has 0 aliphatic carbocycles. The summed E-state index contributed by atoms with van der Waals surface area (Å²) in [7, 11) is 1.66. The Bertz CT molecular complexity index is 640. The topological polar surface area (TPSA) is 68.5 Å². The molecule has 0 radical (unpaired) electrons. The number of hydrogen-bond acceptors (Lipinski definition) is 6. The molecular weight excluding hydrogens is 302 g/mol. The first-order valence-electron chi connectivity index (χ1n) is 7.25. The van der Waals surface area contributed by atoms with E-state index >= 15 is 0 Å². The maximum Gasteiger partial charge on any atom is 0.249 e. The van der Waals surface area contributed by atoms with Gasteiger partial charge >= 0.3 is 0 Å². The highest BCUT2D eigenvalue weighted by atomic mass is 32.1. The van der Waals surface area contributed by atoms with Gasteiger partial charge in [0, 0.05) is 20.1 Å². The van der Waals surface area contributed by atoms with Gasteiger partial charge in [-0.15, -0.1) is 0 Å². The summed E-state index contributed by atoms with van der Waals surface area (Å²) in [6.45, 7) is 4.26. The van der Waals surface area contributed by atoms with Gasteiger partial charge in [-0.1, -0.05) is 5.16 Å². The van der Waals surface area contributed by atoms with Gasteiger partial charge in [-0.05, 0) is 36.2 Å². The van der Waals surface area contributed by atoms with Gasteiger partial charge in [-0.25, -0.2) is 0 Å². The van der Waals surface area contributed by atoms with Crippen molar-refractivity contribution >= 4 is 17.2 Å². The van der Waals surface area contributed by atoms with Crippen molar-refractivity contribution in [3.63, 3.8) is 0 Å². The Hall–Kier alpha value is -1.73. The Morgan fingerprint density at radius 1 is 1.59 bits per heavy atom. The predicted molar refractivity (Wildman–Crippen MR) is 81.6 cm³/mol. The Kier molecular flexibility index (Phi) is 4.26. The third-order valence-corrected chi connectivity index (χ3v) is 4.82. The smallest absolute Gasteiger partial charge is 0.249 e. The Morgan fingerprint density at radius 3 is 3.00 bits per heavy atom. The molecule has 2 aromatic rings. The molecule has 1 fully saturated rings. The molecule has 0 N–H and O–H groups in total. The summed E-state index contributed by atoms with van der Waals surface area (Å²) in [5.74, 6) is 0.948. The summed E-state index contributed by atoms with van der Waals surface area (Å²) in [6.07, 6.45) is 0.677. The number of hydrogen-bond donors (Lipinski definition) is 0. The largest absolute Gasteiger partial charge is 0.380 e. The number of carbonyl (C=O) groups excluding carboxylic acids is 1. The normalized spacial score (nSPS) is 23.0. The second-order valence-electron chi connectivity index (χ2n) is 5.56. The lowest BCUT2D eigenvalue weighted by Gasteiger charge is -2.24. The minimum absolute atomic E-state index is 0.00386. The molecule has 1 saturated heterocycles. The minimum atomic E-state index is -0.209. The van der Waals surface area contributed by atoms with Gasteiger partial charge in [-0.2, -0.15) is 16.3 Å². The standard InChI is InChI=1S/C15H19N3O3S/c1-9(11-4-5-22-8-11)15(19)18-7-12(20-3)6-13(18)14-16-10(2)17-21-14/h4-5,8-9,12-13H,6-7H2,1-3H3/t9-,12+,13-/m1/s1. The zero-order valence-electron chi connectivity index (χ0n) is 12.9. The molecule has 3 heterocycles. The van der Waals surface area contributed by atoms with E-state index in [1.54, 1.807) is 25.4 Å². The van der Waals surface area contributed by atoms with Crippen molar-refractivity contribution in [1.29, 1.82) is 0 Å². The van der Waals surface area contributed by atoms with Crippen LogP contribution < -0.4 is 0 Å². The molecule has 0 spiro atoms. The van der Waals surface area contributed by atoms with Crippen LogP contribution in [0.5, 0.6) is 0 Å².